The molecule has 0 unspecified atom stereocenters. The molecule has 0 aliphatic heterocycles. The molecule has 0 saturated heterocycles. The highest BCUT2D eigenvalue weighted by Crippen LogP contribution is 2.39. The van der Waals surface area contributed by atoms with Gasteiger partial charge < -0.3 is 18.2 Å². The van der Waals surface area contributed by atoms with Crippen molar-refractivity contribution in [3.8, 4) is 34.0 Å². The summed E-state index contributed by atoms with van der Waals surface area (Å²) in [6.07, 6.45) is 0. The molecular weight excluding hydrogens is 619 g/mol. The van der Waals surface area contributed by atoms with Gasteiger partial charge in [0.05, 0.1) is 0 Å². The van der Waals surface area contributed by atoms with E-state index in [9.17, 15) is 0 Å². The monoisotopic (exact) mass is 645 g/mol. The molecular formula is C44H27N3O3. The molecule has 50 heavy (non-hydrogen) atoms. The molecule has 0 N–H and O–H groups in total. The molecule has 10 rings (SSSR count). The van der Waals surface area contributed by atoms with Gasteiger partial charge in [0, 0.05) is 39.0 Å². The summed E-state index contributed by atoms with van der Waals surface area (Å²) in [7, 11) is 0. The molecule has 10 aromatic rings. The number of rotatable bonds is 6. The lowest BCUT2D eigenvalue weighted by atomic mass is 10.0. The van der Waals surface area contributed by atoms with Crippen molar-refractivity contribution in [3.63, 3.8) is 0 Å². The second-order valence-electron chi connectivity index (χ2n) is 12.3. The van der Waals surface area contributed by atoms with E-state index in [1.54, 1.807) is 0 Å². The van der Waals surface area contributed by atoms with Crippen LogP contribution in [0.1, 0.15) is 0 Å². The molecule has 0 radical (unpaired) electrons. The van der Waals surface area contributed by atoms with Crippen molar-refractivity contribution in [3.05, 3.63) is 164 Å². The zero-order valence-electron chi connectivity index (χ0n) is 26.7. The Morgan fingerprint density at radius 2 is 0.780 bits per heavy atom. The third-order valence-corrected chi connectivity index (χ3v) is 9.17. The molecule has 0 aliphatic carbocycles. The topological polar surface area (TPSA) is 68.4 Å². The van der Waals surface area contributed by atoms with E-state index in [0.29, 0.717) is 11.8 Å². The molecule has 0 saturated carbocycles. The van der Waals surface area contributed by atoms with Gasteiger partial charge in [-0.25, -0.2) is 9.97 Å². The number of furan rings is 1. The lowest BCUT2D eigenvalue weighted by Crippen LogP contribution is -2.09. The van der Waals surface area contributed by atoms with E-state index >= 15 is 0 Å². The van der Waals surface area contributed by atoms with Gasteiger partial charge in [-0.1, -0.05) is 60.7 Å². The Kier molecular flexibility index (Phi) is 6.39. The van der Waals surface area contributed by atoms with E-state index in [4.69, 9.17) is 23.2 Å². The third-order valence-electron chi connectivity index (χ3n) is 9.17. The van der Waals surface area contributed by atoms with Gasteiger partial charge in [-0.2, -0.15) is 0 Å². The van der Waals surface area contributed by atoms with Gasteiger partial charge in [0.25, 0.3) is 0 Å². The highest BCUT2D eigenvalue weighted by molar-refractivity contribution is 6.05. The lowest BCUT2D eigenvalue weighted by Gasteiger charge is -2.26. The fourth-order valence-electron chi connectivity index (χ4n) is 6.65. The zero-order valence-corrected chi connectivity index (χ0v) is 26.7. The second-order valence-corrected chi connectivity index (χ2v) is 12.3. The minimum atomic E-state index is 0.595. The molecule has 6 heteroatoms. The van der Waals surface area contributed by atoms with E-state index in [-0.39, 0.29) is 0 Å². The first-order valence-electron chi connectivity index (χ1n) is 16.5. The number of para-hydroxylation sites is 5. The summed E-state index contributed by atoms with van der Waals surface area (Å²) in [6, 6.07) is 55.5. The molecule has 3 aromatic heterocycles. The van der Waals surface area contributed by atoms with Gasteiger partial charge >= 0.3 is 0 Å². The minimum Gasteiger partial charge on any atom is -0.456 e. The van der Waals surface area contributed by atoms with Crippen LogP contribution in [0.4, 0.5) is 17.1 Å². The Morgan fingerprint density at radius 3 is 1.32 bits per heavy atom. The van der Waals surface area contributed by atoms with Crippen molar-refractivity contribution in [2.45, 2.75) is 0 Å². The third kappa shape index (κ3) is 4.81. The van der Waals surface area contributed by atoms with Crippen LogP contribution in [0.2, 0.25) is 0 Å². The largest absolute Gasteiger partial charge is 0.456 e. The zero-order chi connectivity index (χ0) is 33.0. The van der Waals surface area contributed by atoms with Crippen LogP contribution in [0.3, 0.4) is 0 Å². The Morgan fingerprint density at radius 1 is 0.340 bits per heavy atom. The van der Waals surface area contributed by atoms with Crippen molar-refractivity contribution < 1.29 is 13.3 Å². The molecule has 0 bridgehead atoms. The Hall–Kier alpha value is -6.92. The summed E-state index contributed by atoms with van der Waals surface area (Å²) in [5.41, 5.74) is 12.0. The first-order valence-corrected chi connectivity index (χ1v) is 16.5. The summed E-state index contributed by atoms with van der Waals surface area (Å²) in [5.74, 6) is 1.19. The predicted molar refractivity (Wildman–Crippen MR) is 200 cm³/mol. The van der Waals surface area contributed by atoms with Gasteiger partial charge in [0.15, 0.2) is 11.2 Å². The van der Waals surface area contributed by atoms with Gasteiger partial charge in [-0.15, -0.1) is 0 Å². The van der Waals surface area contributed by atoms with Gasteiger partial charge in [-0.3, -0.25) is 0 Å². The number of oxazole rings is 2. The van der Waals surface area contributed by atoms with Crippen LogP contribution in [0.15, 0.2) is 177 Å². The van der Waals surface area contributed by atoms with Gasteiger partial charge in [0.2, 0.25) is 11.8 Å². The van der Waals surface area contributed by atoms with Gasteiger partial charge in [0.1, 0.15) is 22.2 Å². The molecule has 0 aliphatic rings. The van der Waals surface area contributed by atoms with Crippen LogP contribution in [0.25, 0.3) is 78.2 Å². The Labute approximate surface area is 286 Å². The molecule has 3 heterocycles. The standard InChI is InChI=1S/C44H27N3O3/c1-4-10-39-35(7-1)36-26-19-31(27-42(36)48-39)28-13-20-32(21-14-28)47(33-22-15-29(16-23-33)43-45-37-8-2-5-11-40(37)49-43)34-24-17-30(18-25-34)44-46-38-9-3-6-12-41(38)50-44/h1-27H. The minimum absolute atomic E-state index is 0.595. The van der Waals surface area contributed by atoms with Crippen LogP contribution >= 0.6 is 0 Å². The van der Waals surface area contributed by atoms with Crippen LogP contribution in [0, 0.1) is 0 Å². The quantitative estimate of drug-likeness (QED) is 0.179. The average molecular weight is 646 g/mol. The number of benzene rings is 7. The lowest BCUT2D eigenvalue weighted by molar-refractivity contribution is 0.619. The van der Waals surface area contributed by atoms with E-state index < -0.39 is 0 Å². The highest BCUT2D eigenvalue weighted by Gasteiger charge is 2.16. The fraction of sp³-hybridized carbons (Fsp3) is 0. The summed E-state index contributed by atoms with van der Waals surface area (Å²) in [6.45, 7) is 0. The summed E-state index contributed by atoms with van der Waals surface area (Å²) in [5, 5.41) is 2.25. The summed E-state index contributed by atoms with van der Waals surface area (Å²) < 4.78 is 18.3. The Balaban J connectivity index is 1.02. The number of hydrogen-bond acceptors (Lipinski definition) is 6. The molecule has 0 atom stereocenters. The maximum Gasteiger partial charge on any atom is 0.227 e. The van der Waals surface area contributed by atoms with Crippen LogP contribution in [-0.2, 0) is 0 Å². The van der Waals surface area contributed by atoms with Crippen LogP contribution < -0.4 is 4.90 Å². The van der Waals surface area contributed by atoms with E-state index in [1.807, 2.05) is 66.7 Å². The SMILES string of the molecule is c1ccc2oc(-c3ccc(N(c4ccc(-c5ccc6c(c5)oc5ccccc56)cc4)c4ccc(-c5nc6ccccc6o5)cc4)cc3)nc2c1. The summed E-state index contributed by atoms with van der Waals surface area (Å²) >= 11 is 0. The molecule has 7 aromatic carbocycles. The van der Waals surface area contributed by atoms with Crippen molar-refractivity contribution in [2.75, 3.05) is 4.90 Å². The Bertz CT molecular complexity index is 2630. The maximum absolute atomic E-state index is 6.18. The van der Waals surface area contributed by atoms with E-state index in [2.05, 4.69) is 102 Å². The number of aromatic nitrogens is 2. The van der Waals surface area contributed by atoms with E-state index in [0.717, 1.165) is 83.5 Å². The van der Waals surface area contributed by atoms with Crippen molar-refractivity contribution >= 4 is 61.2 Å². The first-order chi connectivity index (χ1) is 24.7. The van der Waals surface area contributed by atoms with Crippen LogP contribution in [-0.4, -0.2) is 9.97 Å². The molecule has 0 amide bonds. The normalized spacial score (nSPS) is 11.6. The number of nitrogens with zero attached hydrogens (tertiary/aromatic N) is 3. The second kappa shape index (κ2) is 11.4. The van der Waals surface area contributed by atoms with Crippen molar-refractivity contribution in [2.24, 2.45) is 0 Å². The van der Waals surface area contributed by atoms with Gasteiger partial charge in [-0.05, 0) is 114 Å². The molecule has 0 spiro atoms. The van der Waals surface area contributed by atoms with Crippen LogP contribution in [0.5, 0.6) is 0 Å². The molecule has 6 nitrogen and oxygen atoms in total. The molecule has 236 valence electrons. The maximum atomic E-state index is 6.18. The smallest absolute Gasteiger partial charge is 0.227 e. The summed E-state index contributed by atoms with van der Waals surface area (Å²) in [4.78, 5) is 11.6. The van der Waals surface area contributed by atoms with Crippen molar-refractivity contribution in [1.82, 2.24) is 9.97 Å². The molecule has 0 fully saturated rings. The number of hydrogen-bond donors (Lipinski definition) is 0. The average Bonchev–Trinajstić information content (AvgIpc) is 3.91. The highest BCUT2D eigenvalue weighted by atomic mass is 16.4. The fourth-order valence-corrected chi connectivity index (χ4v) is 6.65. The van der Waals surface area contributed by atoms with Crippen molar-refractivity contribution in [1.29, 1.82) is 0 Å². The van der Waals surface area contributed by atoms with E-state index in [1.165, 1.54) is 0 Å². The predicted octanol–water partition coefficient (Wildman–Crippen LogP) is 12.3. The number of fused-ring (bicyclic) bond motifs is 5. The first kappa shape index (κ1) is 28.1. The number of anilines is 3.